The fourth-order valence-electron chi connectivity index (χ4n) is 1.78. The van der Waals surface area contributed by atoms with E-state index in [4.69, 9.17) is 33.7 Å². The molecule has 0 aliphatic heterocycles. The van der Waals surface area contributed by atoms with Gasteiger partial charge < -0.3 is 10.5 Å². The first-order valence-electron chi connectivity index (χ1n) is 5.58. The molecule has 0 spiro atoms. The second-order valence-electron chi connectivity index (χ2n) is 4.11. The maximum absolute atomic E-state index is 6.23. The molecule has 4 nitrogen and oxygen atoms in total. The van der Waals surface area contributed by atoms with Crippen LogP contribution in [0.15, 0.2) is 12.1 Å². The number of halogens is 2. The van der Waals surface area contributed by atoms with Gasteiger partial charge in [0.15, 0.2) is 0 Å². The van der Waals surface area contributed by atoms with E-state index >= 15 is 0 Å². The molecular formula is C13H13Cl2N3O. The lowest BCUT2D eigenvalue weighted by atomic mass is 10.1. The number of hydrogen-bond donors (Lipinski definition) is 1. The lowest BCUT2D eigenvalue weighted by molar-refractivity contribution is 0.415. The summed E-state index contributed by atoms with van der Waals surface area (Å²) in [4.78, 5) is 8.37. The minimum absolute atomic E-state index is 0.211. The molecule has 100 valence electrons. The van der Waals surface area contributed by atoms with Gasteiger partial charge >= 0.3 is 0 Å². The van der Waals surface area contributed by atoms with Gasteiger partial charge in [-0.05, 0) is 31.5 Å². The van der Waals surface area contributed by atoms with Crippen LogP contribution in [0.4, 0.5) is 5.95 Å². The third-order valence-corrected chi connectivity index (χ3v) is 3.51. The number of nitrogens with two attached hydrogens (primary N) is 1. The molecule has 19 heavy (non-hydrogen) atoms. The Bertz CT molecular complexity index is 644. The molecule has 0 bridgehead atoms. The highest BCUT2D eigenvalue weighted by Crippen LogP contribution is 2.37. The maximum atomic E-state index is 6.23. The Balaban J connectivity index is 2.72. The minimum atomic E-state index is 0.211. The molecule has 0 saturated carbocycles. The summed E-state index contributed by atoms with van der Waals surface area (Å²) in [6.45, 7) is 3.79. The van der Waals surface area contributed by atoms with Crippen molar-refractivity contribution < 1.29 is 4.74 Å². The Hall–Kier alpha value is -1.52. The van der Waals surface area contributed by atoms with Crippen LogP contribution in [0.5, 0.6) is 5.75 Å². The van der Waals surface area contributed by atoms with Crippen LogP contribution in [0.2, 0.25) is 10.0 Å². The van der Waals surface area contributed by atoms with Crippen molar-refractivity contribution in [2.45, 2.75) is 13.8 Å². The van der Waals surface area contributed by atoms with Crippen molar-refractivity contribution in [1.29, 1.82) is 0 Å². The van der Waals surface area contributed by atoms with Crippen LogP contribution in [0, 0.1) is 13.8 Å². The van der Waals surface area contributed by atoms with Crippen LogP contribution in [0.1, 0.15) is 11.3 Å². The molecule has 0 amide bonds. The summed E-state index contributed by atoms with van der Waals surface area (Å²) in [5.74, 6) is 0.749. The second kappa shape index (κ2) is 5.23. The third kappa shape index (κ3) is 2.60. The van der Waals surface area contributed by atoms with E-state index < -0.39 is 0 Å². The number of aromatic nitrogens is 2. The molecule has 0 aliphatic carbocycles. The molecular weight excluding hydrogens is 285 g/mol. The van der Waals surface area contributed by atoms with Crippen molar-refractivity contribution in [2.75, 3.05) is 12.8 Å². The maximum Gasteiger partial charge on any atom is 0.220 e. The smallest absolute Gasteiger partial charge is 0.220 e. The largest absolute Gasteiger partial charge is 0.495 e. The van der Waals surface area contributed by atoms with Gasteiger partial charge in [-0.1, -0.05) is 23.2 Å². The second-order valence-corrected chi connectivity index (χ2v) is 4.92. The average molecular weight is 298 g/mol. The number of methoxy groups -OCH3 is 1. The molecule has 0 aliphatic rings. The number of anilines is 1. The first kappa shape index (κ1) is 13.9. The van der Waals surface area contributed by atoms with Gasteiger partial charge in [0.25, 0.3) is 0 Å². The lowest BCUT2D eigenvalue weighted by Crippen LogP contribution is -2.02. The van der Waals surface area contributed by atoms with Gasteiger partial charge in [-0.2, -0.15) is 0 Å². The van der Waals surface area contributed by atoms with Gasteiger partial charge in [-0.15, -0.1) is 0 Å². The number of rotatable bonds is 2. The molecule has 0 saturated heterocycles. The van der Waals surface area contributed by atoms with E-state index in [2.05, 4.69) is 9.97 Å². The van der Waals surface area contributed by atoms with E-state index in [0.717, 1.165) is 16.8 Å². The molecule has 0 fully saturated rings. The van der Waals surface area contributed by atoms with Crippen molar-refractivity contribution in [2.24, 2.45) is 0 Å². The molecule has 2 N–H and O–H groups in total. The normalized spacial score (nSPS) is 10.6. The van der Waals surface area contributed by atoms with Crippen LogP contribution in [-0.2, 0) is 0 Å². The Morgan fingerprint density at radius 2 is 1.79 bits per heavy atom. The van der Waals surface area contributed by atoms with Crippen molar-refractivity contribution in [3.05, 3.63) is 33.4 Å². The number of benzene rings is 1. The predicted molar refractivity (Wildman–Crippen MR) is 77.9 cm³/mol. The highest BCUT2D eigenvalue weighted by molar-refractivity contribution is 6.37. The predicted octanol–water partition coefficient (Wildman–Crippen LogP) is 3.66. The Labute approximate surface area is 121 Å². The number of nitrogens with zero attached hydrogens (tertiary/aromatic N) is 2. The zero-order valence-electron chi connectivity index (χ0n) is 10.8. The fraction of sp³-hybridized carbons (Fsp3) is 0.231. The van der Waals surface area contributed by atoms with E-state index in [1.807, 2.05) is 13.8 Å². The van der Waals surface area contributed by atoms with Crippen LogP contribution < -0.4 is 10.5 Å². The van der Waals surface area contributed by atoms with E-state index in [1.165, 1.54) is 0 Å². The number of hydrogen-bond acceptors (Lipinski definition) is 4. The van der Waals surface area contributed by atoms with Gasteiger partial charge in [-0.25, -0.2) is 9.97 Å². The molecule has 1 heterocycles. The minimum Gasteiger partial charge on any atom is -0.495 e. The first-order chi connectivity index (χ1) is 8.93. The van der Waals surface area contributed by atoms with Crippen LogP contribution in [-0.4, -0.2) is 17.1 Å². The van der Waals surface area contributed by atoms with Crippen LogP contribution >= 0.6 is 23.2 Å². The fourth-order valence-corrected chi connectivity index (χ4v) is 2.33. The van der Waals surface area contributed by atoms with Gasteiger partial charge in [0.2, 0.25) is 5.95 Å². The standard InChI is InChI=1S/C13H13Cl2N3O/c1-6-7(2)17-13(16)18-12(6)8-4-11(19-3)10(15)5-9(8)14/h4-5H,1-3H3,(H2,16,17,18). The number of nitrogen functional groups attached to an aromatic ring is 1. The summed E-state index contributed by atoms with van der Waals surface area (Å²) in [5, 5.41) is 0.944. The first-order valence-corrected chi connectivity index (χ1v) is 6.33. The zero-order valence-corrected chi connectivity index (χ0v) is 12.3. The quantitative estimate of drug-likeness (QED) is 0.919. The van der Waals surface area contributed by atoms with Crippen molar-refractivity contribution in [3.8, 4) is 17.0 Å². The summed E-state index contributed by atoms with van der Waals surface area (Å²) in [7, 11) is 1.55. The summed E-state index contributed by atoms with van der Waals surface area (Å²) in [5.41, 5.74) is 8.83. The molecule has 0 atom stereocenters. The SMILES string of the molecule is COc1cc(-c2nc(N)nc(C)c2C)c(Cl)cc1Cl. The molecule has 0 unspecified atom stereocenters. The van der Waals surface area contributed by atoms with Crippen molar-refractivity contribution in [1.82, 2.24) is 9.97 Å². The van der Waals surface area contributed by atoms with Gasteiger partial charge in [0, 0.05) is 11.3 Å². The molecule has 1 aromatic carbocycles. The highest BCUT2D eigenvalue weighted by Gasteiger charge is 2.15. The summed E-state index contributed by atoms with van der Waals surface area (Å²) in [6, 6.07) is 3.38. The summed E-state index contributed by atoms with van der Waals surface area (Å²) in [6.07, 6.45) is 0. The summed E-state index contributed by atoms with van der Waals surface area (Å²) < 4.78 is 5.20. The van der Waals surface area contributed by atoms with E-state index in [1.54, 1.807) is 19.2 Å². The Morgan fingerprint density at radius 3 is 2.42 bits per heavy atom. The van der Waals surface area contributed by atoms with Gasteiger partial charge in [0.05, 0.1) is 22.8 Å². The van der Waals surface area contributed by atoms with Crippen LogP contribution in [0.25, 0.3) is 11.3 Å². The third-order valence-electron chi connectivity index (χ3n) is 2.90. The Morgan fingerprint density at radius 1 is 1.11 bits per heavy atom. The molecule has 6 heteroatoms. The van der Waals surface area contributed by atoms with Crippen molar-refractivity contribution >= 4 is 29.2 Å². The molecule has 2 aromatic rings. The van der Waals surface area contributed by atoms with Crippen LogP contribution in [0.3, 0.4) is 0 Å². The van der Waals surface area contributed by atoms with E-state index in [9.17, 15) is 0 Å². The topological polar surface area (TPSA) is 61.0 Å². The number of aryl methyl sites for hydroxylation is 1. The molecule has 1 aromatic heterocycles. The number of ether oxygens (including phenoxy) is 1. The van der Waals surface area contributed by atoms with E-state index in [-0.39, 0.29) is 5.95 Å². The van der Waals surface area contributed by atoms with Gasteiger partial charge in [-0.3, -0.25) is 0 Å². The van der Waals surface area contributed by atoms with Gasteiger partial charge in [0.1, 0.15) is 5.75 Å². The molecule has 2 rings (SSSR count). The monoisotopic (exact) mass is 297 g/mol. The lowest BCUT2D eigenvalue weighted by Gasteiger charge is -2.12. The van der Waals surface area contributed by atoms with E-state index in [0.29, 0.717) is 21.5 Å². The summed E-state index contributed by atoms with van der Waals surface area (Å²) >= 11 is 12.3. The zero-order chi connectivity index (χ0) is 14.2. The molecule has 0 radical (unpaired) electrons. The van der Waals surface area contributed by atoms with Crippen molar-refractivity contribution in [3.63, 3.8) is 0 Å². The highest BCUT2D eigenvalue weighted by atomic mass is 35.5. The Kier molecular flexibility index (Phi) is 3.83. The average Bonchev–Trinajstić information content (AvgIpc) is 2.34.